The van der Waals surface area contributed by atoms with Gasteiger partial charge in [0.25, 0.3) is 0 Å². The van der Waals surface area contributed by atoms with Crippen molar-refractivity contribution in [3.05, 3.63) is 48.2 Å². The molecule has 1 aromatic carbocycles. The van der Waals surface area contributed by atoms with E-state index in [1.165, 1.54) is 5.56 Å². The summed E-state index contributed by atoms with van der Waals surface area (Å²) >= 11 is 0. The van der Waals surface area contributed by atoms with E-state index in [0.29, 0.717) is 18.3 Å². The molecule has 0 saturated carbocycles. The minimum absolute atomic E-state index is 0.159. The van der Waals surface area contributed by atoms with Gasteiger partial charge in [0.05, 0.1) is 6.04 Å². The number of benzene rings is 1. The quantitative estimate of drug-likeness (QED) is 0.776. The summed E-state index contributed by atoms with van der Waals surface area (Å²) in [5.41, 5.74) is 2.14. The molecule has 0 aromatic heterocycles. The minimum Gasteiger partial charge on any atom is -0.379 e. The lowest BCUT2D eigenvalue weighted by Gasteiger charge is -2.26. The number of rotatable bonds is 8. The topological polar surface area (TPSA) is 29.1 Å². The number of carbonyl (C=O) groups excluding carboxylic acids is 1. The standard InChI is InChI=1S/C18H27NO/c1-6-13(2)14(3)15(4)19-18(16(5)20)12-17-10-8-7-9-11-17/h7-11,13-14,18-19H,4,6,12H2,1-3,5H3/t13?,14-,18-/m0/s1. The normalized spacial score (nSPS) is 15.2. The minimum atomic E-state index is -0.184. The van der Waals surface area contributed by atoms with Gasteiger partial charge in [0.15, 0.2) is 5.78 Å². The van der Waals surface area contributed by atoms with Crippen LogP contribution in [0, 0.1) is 11.8 Å². The molecule has 2 heteroatoms. The molecule has 0 amide bonds. The van der Waals surface area contributed by atoms with Gasteiger partial charge in [-0.1, -0.05) is 64.1 Å². The summed E-state index contributed by atoms with van der Waals surface area (Å²) in [5.74, 6) is 1.10. The predicted molar refractivity (Wildman–Crippen MR) is 85.5 cm³/mol. The van der Waals surface area contributed by atoms with Crippen LogP contribution in [0.4, 0.5) is 0 Å². The third-order valence-electron chi connectivity index (χ3n) is 4.18. The smallest absolute Gasteiger partial charge is 0.152 e. The highest BCUT2D eigenvalue weighted by Gasteiger charge is 2.19. The molecule has 0 spiro atoms. The van der Waals surface area contributed by atoms with Crippen molar-refractivity contribution in [1.29, 1.82) is 0 Å². The molecule has 0 fully saturated rings. The van der Waals surface area contributed by atoms with E-state index in [2.05, 4.69) is 44.8 Å². The second-order valence-corrected chi connectivity index (χ2v) is 5.70. The Balaban J connectivity index is 2.68. The fourth-order valence-corrected chi connectivity index (χ4v) is 2.20. The summed E-state index contributed by atoms with van der Waals surface area (Å²) < 4.78 is 0. The third kappa shape index (κ3) is 4.84. The molecular formula is C18H27NO. The number of carbonyl (C=O) groups is 1. The molecule has 3 atom stereocenters. The summed E-state index contributed by atoms with van der Waals surface area (Å²) in [4.78, 5) is 11.8. The second kappa shape index (κ2) is 7.88. The Morgan fingerprint density at radius 1 is 1.25 bits per heavy atom. The van der Waals surface area contributed by atoms with E-state index < -0.39 is 0 Å². The first kappa shape index (κ1) is 16.5. The van der Waals surface area contributed by atoms with Gasteiger partial charge in [-0.05, 0) is 30.7 Å². The van der Waals surface area contributed by atoms with E-state index >= 15 is 0 Å². The molecule has 1 rings (SSSR count). The Kier molecular flexibility index (Phi) is 6.50. The molecule has 2 nitrogen and oxygen atoms in total. The lowest BCUT2D eigenvalue weighted by Crippen LogP contribution is -2.38. The number of ketones is 1. The van der Waals surface area contributed by atoms with Gasteiger partial charge in [-0.15, -0.1) is 0 Å². The maximum atomic E-state index is 11.8. The van der Waals surface area contributed by atoms with Crippen molar-refractivity contribution in [2.75, 3.05) is 0 Å². The monoisotopic (exact) mass is 273 g/mol. The average molecular weight is 273 g/mol. The molecule has 20 heavy (non-hydrogen) atoms. The molecule has 1 N–H and O–H groups in total. The molecule has 0 aliphatic rings. The highest BCUT2D eigenvalue weighted by atomic mass is 16.1. The Bertz CT molecular complexity index is 438. The van der Waals surface area contributed by atoms with Crippen LogP contribution in [0.1, 0.15) is 39.7 Å². The van der Waals surface area contributed by atoms with Crippen molar-refractivity contribution in [3.8, 4) is 0 Å². The summed E-state index contributed by atoms with van der Waals surface area (Å²) in [6.07, 6.45) is 1.83. The van der Waals surface area contributed by atoms with Gasteiger partial charge in [0.2, 0.25) is 0 Å². The largest absolute Gasteiger partial charge is 0.379 e. The Labute approximate surface area is 123 Å². The molecule has 0 heterocycles. The average Bonchev–Trinajstić information content (AvgIpc) is 2.45. The van der Waals surface area contributed by atoms with E-state index in [9.17, 15) is 4.79 Å². The van der Waals surface area contributed by atoms with Crippen LogP contribution in [0.25, 0.3) is 0 Å². The summed E-state index contributed by atoms with van der Waals surface area (Å²) in [6.45, 7) is 12.3. The maximum Gasteiger partial charge on any atom is 0.152 e. The zero-order valence-electron chi connectivity index (χ0n) is 13.1. The van der Waals surface area contributed by atoms with Crippen molar-refractivity contribution in [2.45, 2.75) is 46.6 Å². The van der Waals surface area contributed by atoms with Crippen molar-refractivity contribution >= 4 is 5.78 Å². The Morgan fingerprint density at radius 3 is 2.35 bits per heavy atom. The number of hydrogen-bond acceptors (Lipinski definition) is 2. The molecule has 0 radical (unpaired) electrons. The third-order valence-corrected chi connectivity index (χ3v) is 4.18. The molecular weight excluding hydrogens is 246 g/mol. The van der Waals surface area contributed by atoms with Gasteiger partial charge >= 0.3 is 0 Å². The number of hydrogen-bond donors (Lipinski definition) is 1. The van der Waals surface area contributed by atoms with Crippen LogP contribution in [0.15, 0.2) is 42.6 Å². The van der Waals surface area contributed by atoms with Crippen LogP contribution >= 0.6 is 0 Å². The van der Waals surface area contributed by atoms with Crippen LogP contribution in [-0.2, 0) is 11.2 Å². The summed E-state index contributed by atoms with van der Waals surface area (Å²) in [5, 5.41) is 3.34. The number of allylic oxidation sites excluding steroid dienone is 1. The van der Waals surface area contributed by atoms with Crippen LogP contribution in [0.3, 0.4) is 0 Å². The van der Waals surface area contributed by atoms with E-state index in [-0.39, 0.29) is 11.8 Å². The Hall–Kier alpha value is -1.57. The lowest BCUT2D eigenvalue weighted by atomic mass is 9.90. The molecule has 110 valence electrons. The lowest BCUT2D eigenvalue weighted by molar-refractivity contribution is -0.118. The van der Waals surface area contributed by atoms with E-state index in [1.807, 2.05) is 18.2 Å². The van der Waals surface area contributed by atoms with Crippen LogP contribution in [0.5, 0.6) is 0 Å². The van der Waals surface area contributed by atoms with Crippen molar-refractivity contribution < 1.29 is 4.79 Å². The van der Waals surface area contributed by atoms with Gasteiger partial charge in [-0.2, -0.15) is 0 Å². The molecule has 0 saturated heterocycles. The van der Waals surface area contributed by atoms with Crippen LogP contribution in [0.2, 0.25) is 0 Å². The van der Waals surface area contributed by atoms with Gasteiger partial charge < -0.3 is 5.32 Å². The first-order valence-corrected chi connectivity index (χ1v) is 7.45. The van der Waals surface area contributed by atoms with Gasteiger partial charge in [-0.25, -0.2) is 0 Å². The number of Topliss-reactive ketones (excluding diaryl/α,β-unsaturated/α-hetero) is 1. The van der Waals surface area contributed by atoms with Crippen LogP contribution < -0.4 is 5.32 Å². The zero-order valence-corrected chi connectivity index (χ0v) is 13.1. The first-order valence-electron chi connectivity index (χ1n) is 7.45. The van der Waals surface area contributed by atoms with E-state index in [1.54, 1.807) is 6.92 Å². The summed E-state index contributed by atoms with van der Waals surface area (Å²) in [7, 11) is 0. The zero-order chi connectivity index (χ0) is 15.1. The SMILES string of the molecule is C=C(N[C@@H](Cc1ccccc1)C(C)=O)[C@@H](C)C(C)CC. The number of nitrogens with one attached hydrogen (secondary N) is 1. The van der Waals surface area contributed by atoms with Crippen molar-refractivity contribution in [1.82, 2.24) is 5.32 Å². The van der Waals surface area contributed by atoms with E-state index in [4.69, 9.17) is 0 Å². The molecule has 0 aliphatic carbocycles. The molecule has 1 unspecified atom stereocenters. The second-order valence-electron chi connectivity index (χ2n) is 5.70. The summed E-state index contributed by atoms with van der Waals surface area (Å²) in [6, 6.07) is 9.92. The van der Waals surface area contributed by atoms with Crippen molar-refractivity contribution in [2.24, 2.45) is 11.8 Å². The molecule has 1 aromatic rings. The highest BCUT2D eigenvalue weighted by molar-refractivity contribution is 5.82. The fourth-order valence-electron chi connectivity index (χ4n) is 2.20. The molecule has 0 bridgehead atoms. The van der Waals surface area contributed by atoms with Crippen LogP contribution in [-0.4, -0.2) is 11.8 Å². The van der Waals surface area contributed by atoms with E-state index in [0.717, 1.165) is 12.1 Å². The fraction of sp³-hybridized carbons (Fsp3) is 0.500. The first-order chi connectivity index (χ1) is 9.45. The Morgan fingerprint density at radius 2 is 1.85 bits per heavy atom. The van der Waals surface area contributed by atoms with Gasteiger partial charge in [-0.3, -0.25) is 4.79 Å². The van der Waals surface area contributed by atoms with Gasteiger partial charge in [0, 0.05) is 5.70 Å². The predicted octanol–water partition coefficient (Wildman–Crippen LogP) is 3.97. The molecule has 0 aliphatic heterocycles. The maximum absolute atomic E-state index is 11.8. The van der Waals surface area contributed by atoms with Gasteiger partial charge in [0.1, 0.15) is 0 Å². The highest BCUT2D eigenvalue weighted by Crippen LogP contribution is 2.20. The van der Waals surface area contributed by atoms with Crippen molar-refractivity contribution in [3.63, 3.8) is 0 Å².